The van der Waals surface area contributed by atoms with Gasteiger partial charge >= 0.3 is 0 Å². The molecule has 0 atom stereocenters. The zero-order chi connectivity index (χ0) is 17.5. The Morgan fingerprint density at radius 3 is 2.52 bits per heavy atom. The molecule has 2 heterocycles. The summed E-state index contributed by atoms with van der Waals surface area (Å²) in [4.78, 5) is 19.1. The van der Waals surface area contributed by atoms with Gasteiger partial charge in [-0.15, -0.1) is 0 Å². The van der Waals surface area contributed by atoms with E-state index in [1.165, 1.54) is 63.5 Å². The quantitative estimate of drug-likeness (QED) is 0.860. The number of aryl methyl sites for hydroxylation is 1. The molecule has 1 saturated heterocycles. The third-order valence-corrected chi connectivity index (χ3v) is 5.73. The molecule has 1 aliphatic carbocycles. The predicted octanol–water partition coefficient (Wildman–Crippen LogP) is 3.23. The van der Waals surface area contributed by atoms with E-state index in [1.807, 2.05) is 6.20 Å². The number of aromatic nitrogens is 2. The highest BCUT2D eigenvalue weighted by Crippen LogP contribution is 2.30. The predicted molar refractivity (Wildman–Crippen MR) is 101 cm³/mol. The molecule has 1 saturated carbocycles. The molecule has 0 radical (unpaired) electrons. The minimum atomic E-state index is 0.161. The molecule has 1 aromatic heterocycles. The topological polar surface area (TPSA) is 50.2 Å². The Morgan fingerprint density at radius 1 is 1.12 bits per heavy atom. The second-order valence-corrected chi connectivity index (χ2v) is 7.77. The van der Waals surface area contributed by atoms with Gasteiger partial charge < -0.3 is 9.88 Å². The van der Waals surface area contributed by atoms with Crippen LogP contribution in [0.1, 0.15) is 75.3 Å². The van der Waals surface area contributed by atoms with E-state index in [-0.39, 0.29) is 5.91 Å². The molecule has 1 aromatic rings. The standard InChI is InChI=1S/C20H34N4O/c1-17-15-22-19(24(17)18-9-5-4-6-10-18)11-12-21-20(25)16-23-13-7-2-3-8-14-23/h15,18H,2-14,16H2,1H3,(H,21,25). The van der Waals surface area contributed by atoms with Crippen molar-refractivity contribution in [1.29, 1.82) is 0 Å². The highest BCUT2D eigenvalue weighted by molar-refractivity contribution is 5.78. The summed E-state index contributed by atoms with van der Waals surface area (Å²) in [6.45, 7) is 5.53. The minimum absolute atomic E-state index is 0.161. The number of amides is 1. The normalized spacial score (nSPS) is 20.4. The van der Waals surface area contributed by atoms with Crippen LogP contribution in [0.25, 0.3) is 0 Å². The van der Waals surface area contributed by atoms with Gasteiger partial charge in [0.05, 0.1) is 6.54 Å². The number of imidazole rings is 1. The van der Waals surface area contributed by atoms with Crippen molar-refractivity contribution in [3.63, 3.8) is 0 Å². The Balaban J connectivity index is 1.46. The SMILES string of the molecule is Cc1cnc(CCNC(=O)CN2CCCCCC2)n1C1CCCCC1. The second-order valence-electron chi connectivity index (χ2n) is 7.77. The summed E-state index contributed by atoms with van der Waals surface area (Å²) in [6.07, 6.45) is 14.4. The second kappa shape index (κ2) is 9.37. The molecule has 2 fully saturated rings. The van der Waals surface area contributed by atoms with Gasteiger partial charge in [0.2, 0.25) is 5.91 Å². The summed E-state index contributed by atoms with van der Waals surface area (Å²) < 4.78 is 2.43. The van der Waals surface area contributed by atoms with Gasteiger partial charge in [-0.2, -0.15) is 0 Å². The fourth-order valence-corrected chi connectivity index (χ4v) is 4.39. The van der Waals surface area contributed by atoms with Crippen LogP contribution in [0.15, 0.2) is 6.20 Å². The van der Waals surface area contributed by atoms with E-state index in [0.717, 1.165) is 25.3 Å². The van der Waals surface area contributed by atoms with Crippen LogP contribution >= 0.6 is 0 Å². The van der Waals surface area contributed by atoms with Gasteiger partial charge in [0.25, 0.3) is 0 Å². The lowest BCUT2D eigenvalue weighted by molar-refractivity contribution is -0.122. The van der Waals surface area contributed by atoms with Crippen molar-refractivity contribution in [2.75, 3.05) is 26.2 Å². The molecule has 0 spiro atoms. The van der Waals surface area contributed by atoms with Crippen molar-refractivity contribution in [2.45, 2.75) is 77.2 Å². The molecule has 1 aliphatic heterocycles. The summed E-state index contributed by atoms with van der Waals surface area (Å²) >= 11 is 0. The van der Waals surface area contributed by atoms with Crippen molar-refractivity contribution in [2.24, 2.45) is 0 Å². The highest BCUT2D eigenvalue weighted by Gasteiger charge is 2.20. The number of hydrogen-bond acceptors (Lipinski definition) is 3. The number of carbonyl (C=O) groups excluding carboxylic acids is 1. The van der Waals surface area contributed by atoms with Crippen molar-refractivity contribution < 1.29 is 4.79 Å². The van der Waals surface area contributed by atoms with Crippen molar-refractivity contribution in [1.82, 2.24) is 19.8 Å². The summed E-state index contributed by atoms with van der Waals surface area (Å²) in [7, 11) is 0. The Bertz CT molecular complexity index is 540. The first-order valence-corrected chi connectivity index (χ1v) is 10.3. The molecule has 5 heteroatoms. The Hall–Kier alpha value is -1.36. The first kappa shape index (κ1) is 18.4. The van der Waals surface area contributed by atoms with Crippen LogP contribution < -0.4 is 5.32 Å². The van der Waals surface area contributed by atoms with Crippen molar-refractivity contribution in [3.8, 4) is 0 Å². The highest BCUT2D eigenvalue weighted by atomic mass is 16.2. The summed E-state index contributed by atoms with van der Waals surface area (Å²) in [5.41, 5.74) is 1.26. The smallest absolute Gasteiger partial charge is 0.234 e. The van der Waals surface area contributed by atoms with Crippen LogP contribution in [0, 0.1) is 6.92 Å². The molecule has 1 amide bonds. The van der Waals surface area contributed by atoms with Crippen molar-refractivity contribution >= 4 is 5.91 Å². The van der Waals surface area contributed by atoms with E-state index < -0.39 is 0 Å². The molecule has 25 heavy (non-hydrogen) atoms. The van der Waals surface area contributed by atoms with Gasteiger partial charge in [-0.1, -0.05) is 32.1 Å². The number of carbonyl (C=O) groups is 1. The number of nitrogens with one attached hydrogen (secondary N) is 1. The molecule has 1 N–H and O–H groups in total. The molecule has 140 valence electrons. The lowest BCUT2D eigenvalue weighted by atomic mass is 9.95. The lowest BCUT2D eigenvalue weighted by Gasteiger charge is -2.26. The number of rotatable bonds is 6. The Morgan fingerprint density at radius 2 is 1.80 bits per heavy atom. The molecule has 0 bridgehead atoms. The van der Waals surface area contributed by atoms with Crippen LogP contribution in [0.2, 0.25) is 0 Å². The first-order chi connectivity index (χ1) is 12.2. The van der Waals surface area contributed by atoms with Crippen LogP contribution in [0.4, 0.5) is 0 Å². The molecule has 0 unspecified atom stereocenters. The largest absolute Gasteiger partial charge is 0.355 e. The summed E-state index contributed by atoms with van der Waals surface area (Å²) in [5.74, 6) is 1.30. The number of nitrogens with zero attached hydrogens (tertiary/aromatic N) is 3. The van der Waals surface area contributed by atoms with E-state index in [4.69, 9.17) is 0 Å². The van der Waals surface area contributed by atoms with E-state index in [2.05, 4.69) is 26.7 Å². The molecule has 5 nitrogen and oxygen atoms in total. The summed E-state index contributed by atoms with van der Waals surface area (Å²) in [5, 5.41) is 3.10. The zero-order valence-electron chi connectivity index (χ0n) is 15.8. The maximum Gasteiger partial charge on any atom is 0.234 e. The molecule has 3 rings (SSSR count). The van der Waals surface area contributed by atoms with E-state index in [9.17, 15) is 4.79 Å². The van der Waals surface area contributed by atoms with Crippen LogP contribution in [0.3, 0.4) is 0 Å². The zero-order valence-corrected chi connectivity index (χ0v) is 15.8. The lowest BCUT2D eigenvalue weighted by Crippen LogP contribution is -2.38. The molecule has 0 aromatic carbocycles. The van der Waals surface area contributed by atoms with E-state index in [0.29, 0.717) is 19.1 Å². The third-order valence-electron chi connectivity index (χ3n) is 5.73. The number of hydrogen-bond donors (Lipinski definition) is 1. The van der Waals surface area contributed by atoms with E-state index >= 15 is 0 Å². The van der Waals surface area contributed by atoms with Crippen molar-refractivity contribution in [3.05, 3.63) is 17.7 Å². The molecular weight excluding hydrogens is 312 g/mol. The van der Waals surface area contributed by atoms with Gasteiger partial charge in [-0.25, -0.2) is 4.98 Å². The van der Waals surface area contributed by atoms with Crippen LogP contribution in [0.5, 0.6) is 0 Å². The van der Waals surface area contributed by atoms with Gasteiger partial charge in [0.1, 0.15) is 5.82 Å². The average Bonchev–Trinajstić information content (AvgIpc) is 2.81. The number of likely N-dealkylation sites (tertiary alicyclic amines) is 1. The molecule has 2 aliphatic rings. The maximum absolute atomic E-state index is 12.2. The maximum atomic E-state index is 12.2. The van der Waals surface area contributed by atoms with Gasteiger partial charge in [-0.05, 0) is 45.7 Å². The monoisotopic (exact) mass is 346 g/mol. The van der Waals surface area contributed by atoms with Gasteiger partial charge in [-0.3, -0.25) is 9.69 Å². The average molecular weight is 347 g/mol. The van der Waals surface area contributed by atoms with Gasteiger partial charge in [0.15, 0.2) is 0 Å². The third kappa shape index (κ3) is 5.30. The minimum Gasteiger partial charge on any atom is -0.355 e. The summed E-state index contributed by atoms with van der Waals surface area (Å²) in [6, 6.07) is 0.610. The fraction of sp³-hybridized carbons (Fsp3) is 0.800. The fourth-order valence-electron chi connectivity index (χ4n) is 4.39. The van der Waals surface area contributed by atoms with Gasteiger partial charge in [0, 0.05) is 30.9 Å². The van der Waals surface area contributed by atoms with Crippen LogP contribution in [-0.4, -0.2) is 46.5 Å². The Kier molecular flexibility index (Phi) is 6.91. The van der Waals surface area contributed by atoms with Crippen LogP contribution in [-0.2, 0) is 11.2 Å². The van der Waals surface area contributed by atoms with E-state index in [1.54, 1.807) is 0 Å². The first-order valence-electron chi connectivity index (χ1n) is 10.3. The molecular formula is C20H34N4O. The Labute approximate surface area is 152 Å².